The molecule has 0 bridgehead atoms. The van der Waals surface area contributed by atoms with Crippen molar-refractivity contribution in [2.24, 2.45) is 11.3 Å². The number of hydrogen-bond donors (Lipinski definition) is 1. The van der Waals surface area contributed by atoms with E-state index in [9.17, 15) is 0 Å². The fourth-order valence-corrected chi connectivity index (χ4v) is 2.21. The van der Waals surface area contributed by atoms with Crippen molar-refractivity contribution in [2.75, 3.05) is 19.8 Å². The van der Waals surface area contributed by atoms with Crippen LogP contribution in [-0.4, -0.2) is 25.8 Å². The van der Waals surface area contributed by atoms with Crippen LogP contribution in [0.1, 0.15) is 53.4 Å². The quantitative estimate of drug-likeness (QED) is 0.611. The largest absolute Gasteiger partial charge is 0.381 e. The number of nitrogens with one attached hydrogen (secondary N) is 1. The minimum Gasteiger partial charge on any atom is -0.381 e. The van der Waals surface area contributed by atoms with Crippen LogP contribution in [0.4, 0.5) is 0 Å². The SMILES string of the molecule is CCCOCCC(C)(CNC(C)C)C1CC1. The predicted molar refractivity (Wildman–Crippen MR) is 69.7 cm³/mol. The monoisotopic (exact) mass is 227 g/mol. The van der Waals surface area contributed by atoms with Crippen LogP contribution in [0, 0.1) is 11.3 Å². The zero-order chi connectivity index (χ0) is 12.0. The van der Waals surface area contributed by atoms with Crippen LogP contribution in [0.3, 0.4) is 0 Å². The first-order valence-electron chi connectivity index (χ1n) is 6.89. The third-order valence-electron chi connectivity index (χ3n) is 3.64. The first-order valence-corrected chi connectivity index (χ1v) is 6.89. The molecule has 0 aromatic heterocycles. The summed E-state index contributed by atoms with van der Waals surface area (Å²) in [5.74, 6) is 0.934. The Morgan fingerprint density at radius 3 is 2.50 bits per heavy atom. The summed E-state index contributed by atoms with van der Waals surface area (Å²) < 4.78 is 5.64. The van der Waals surface area contributed by atoms with Crippen LogP contribution in [0.15, 0.2) is 0 Å². The van der Waals surface area contributed by atoms with E-state index in [4.69, 9.17) is 4.74 Å². The van der Waals surface area contributed by atoms with Gasteiger partial charge < -0.3 is 10.1 Å². The molecule has 16 heavy (non-hydrogen) atoms. The summed E-state index contributed by atoms with van der Waals surface area (Å²) >= 11 is 0. The van der Waals surface area contributed by atoms with Gasteiger partial charge in [-0.2, -0.15) is 0 Å². The highest BCUT2D eigenvalue weighted by Gasteiger charge is 2.40. The second kappa shape index (κ2) is 6.61. The van der Waals surface area contributed by atoms with Crippen molar-refractivity contribution in [1.82, 2.24) is 5.32 Å². The van der Waals surface area contributed by atoms with Crippen molar-refractivity contribution in [3.05, 3.63) is 0 Å². The molecule has 1 rings (SSSR count). The van der Waals surface area contributed by atoms with Crippen molar-refractivity contribution in [3.63, 3.8) is 0 Å². The Labute approximate surface area is 101 Å². The van der Waals surface area contributed by atoms with Crippen molar-refractivity contribution < 1.29 is 4.74 Å². The lowest BCUT2D eigenvalue weighted by atomic mass is 9.81. The van der Waals surface area contributed by atoms with Crippen molar-refractivity contribution in [1.29, 1.82) is 0 Å². The molecule has 1 aliphatic carbocycles. The number of hydrogen-bond acceptors (Lipinski definition) is 2. The molecule has 0 heterocycles. The third-order valence-corrected chi connectivity index (χ3v) is 3.64. The van der Waals surface area contributed by atoms with E-state index >= 15 is 0 Å². The number of rotatable bonds is 9. The van der Waals surface area contributed by atoms with E-state index in [0.717, 1.165) is 32.1 Å². The van der Waals surface area contributed by atoms with Gasteiger partial charge in [0.2, 0.25) is 0 Å². The maximum absolute atomic E-state index is 5.64. The molecule has 1 N–H and O–H groups in total. The first kappa shape index (κ1) is 14.0. The first-order chi connectivity index (χ1) is 7.58. The summed E-state index contributed by atoms with van der Waals surface area (Å²) in [5, 5.41) is 3.59. The molecule has 2 nitrogen and oxygen atoms in total. The van der Waals surface area contributed by atoms with Gasteiger partial charge in [-0.15, -0.1) is 0 Å². The highest BCUT2D eigenvalue weighted by molar-refractivity contribution is 4.92. The lowest BCUT2D eigenvalue weighted by Crippen LogP contribution is -2.38. The molecular formula is C14H29NO. The van der Waals surface area contributed by atoms with Crippen molar-refractivity contribution in [3.8, 4) is 0 Å². The maximum atomic E-state index is 5.64. The van der Waals surface area contributed by atoms with Gasteiger partial charge >= 0.3 is 0 Å². The highest BCUT2D eigenvalue weighted by atomic mass is 16.5. The van der Waals surface area contributed by atoms with E-state index in [1.807, 2.05) is 0 Å². The molecule has 0 amide bonds. The fourth-order valence-electron chi connectivity index (χ4n) is 2.21. The zero-order valence-electron chi connectivity index (χ0n) is 11.5. The molecule has 0 saturated heterocycles. The zero-order valence-corrected chi connectivity index (χ0v) is 11.5. The van der Waals surface area contributed by atoms with Gasteiger partial charge in [-0.05, 0) is 37.0 Å². The van der Waals surface area contributed by atoms with Gasteiger partial charge in [0.1, 0.15) is 0 Å². The van der Waals surface area contributed by atoms with Gasteiger partial charge in [0.15, 0.2) is 0 Å². The maximum Gasteiger partial charge on any atom is 0.0471 e. The Kier molecular flexibility index (Phi) is 5.77. The number of ether oxygens (including phenoxy) is 1. The molecule has 2 heteroatoms. The van der Waals surface area contributed by atoms with E-state index in [1.54, 1.807) is 0 Å². The second-order valence-electron chi connectivity index (χ2n) is 5.83. The van der Waals surface area contributed by atoms with Gasteiger partial charge in [0.25, 0.3) is 0 Å². The van der Waals surface area contributed by atoms with E-state index in [2.05, 4.69) is 33.0 Å². The molecule has 1 atom stereocenters. The Hall–Kier alpha value is -0.0800. The van der Waals surface area contributed by atoms with Crippen molar-refractivity contribution >= 4 is 0 Å². The lowest BCUT2D eigenvalue weighted by Gasteiger charge is -2.31. The standard InChI is InChI=1S/C14H29NO/c1-5-9-16-10-8-14(4,13-6-7-13)11-15-12(2)3/h12-13,15H,5-11H2,1-4H3. The van der Waals surface area contributed by atoms with E-state index in [1.165, 1.54) is 19.3 Å². The molecule has 1 saturated carbocycles. The molecule has 1 fully saturated rings. The minimum absolute atomic E-state index is 0.456. The predicted octanol–water partition coefficient (Wildman–Crippen LogP) is 3.22. The van der Waals surface area contributed by atoms with Gasteiger partial charge in [0, 0.05) is 25.8 Å². The van der Waals surface area contributed by atoms with Gasteiger partial charge in [-0.1, -0.05) is 27.7 Å². The molecule has 0 aromatic carbocycles. The Balaban J connectivity index is 2.27. The summed E-state index contributed by atoms with van der Waals surface area (Å²) in [6.45, 7) is 12.0. The average molecular weight is 227 g/mol. The molecule has 1 unspecified atom stereocenters. The van der Waals surface area contributed by atoms with E-state index in [-0.39, 0.29) is 0 Å². The molecular weight excluding hydrogens is 198 g/mol. The summed E-state index contributed by atoms with van der Waals surface area (Å²) in [7, 11) is 0. The second-order valence-corrected chi connectivity index (χ2v) is 5.83. The van der Waals surface area contributed by atoms with Crippen LogP contribution in [-0.2, 0) is 4.74 Å². The van der Waals surface area contributed by atoms with Gasteiger partial charge in [0.05, 0.1) is 0 Å². The van der Waals surface area contributed by atoms with E-state index in [0.29, 0.717) is 11.5 Å². The highest BCUT2D eigenvalue weighted by Crippen LogP contribution is 2.47. The van der Waals surface area contributed by atoms with Crippen LogP contribution in [0.25, 0.3) is 0 Å². The Morgan fingerprint density at radius 1 is 1.31 bits per heavy atom. The Morgan fingerprint density at radius 2 is 2.00 bits per heavy atom. The summed E-state index contributed by atoms with van der Waals surface area (Å²) in [4.78, 5) is 0. The normalized spacial score (nSPS) is 20.1. The molecule has 0 aromatic rings. The van der Waals surface area contributed by atoms with Crippen LogP contribution in [0.5, 0.6) is 0 Å². The summed E-state index contributed by atoms with van der Waals surface area (Å²) in [6.07, 6.45) is 5.18. The topological polar surface area (TPSA) is 21.3 Å². The molecule has 96 valence electrons. The average Bonchev–Trinajstić information content (AvgIpc) is 3.05. The smallest absolute Gasteiger partial charge is 0.0471 e. The summed E-state index contributed by atoms with van der Waals surface area (Å²) in [6, 6.07) is 0.592. The fraction of sp³-hybridized carbons (Fsp3) is 1.00. The molecule has 1 aliphatic rings. The summed E-state index contributed by atoms with van der Waals surface area (Å²) in [5.41, 5.74) is 0.456. The molecule has 0 radical (unpaired) electrons. The van der Waals surface area contributed by atoms with E-state index < -0.39 is 0 Å². The van der Waals surface area contributed by atoms with Gasteiger partial charge in [-0.25, -0.2) is 0 Å². The Bertz CT molecular complexity index is 189. The van der Waals surface area contributed by atoms with Gasteiger partial charge in [-0.3, -0.25) is 0 Å². The third kappa shape index (κ3) is 4.84. The van der Waals surface area contributed by atoms with Crippen LogP contribution >= 0.6 is 0 Å². The van der Waals surface area contributed by atoms with Crippen LogP contribution < -0.4 is 5.32 Å². The molecule has 0 spiro atoms. The minimum atomic E-state index is 0.456. The van der Waals surface area contributed by atoms with Crippen molar-refractivity contribution in [2.45, 2.75) is 59.4 Å². The lowest BCUT2D eigenvalue weighted by molar-refractivity contribution is 0.0893. The van der Waals surface area contributed by atoms with Crippen LogP contribution in [0.2, 0.25) is 0 Å². The molecule has 0 aliphatic heterocycles.